The summed E-state index contributed by atoms with van der Waals surface area (Å²) in [6.45, 7) is 1.50. The number of benzene rings is 1. The average molecular weight is 220 g/mol. The van der Waals surface area contributed by atoms with Crippen LogP contribution >= 0.6 is 0 Å². The van der Waals surface area contributed by atoms with Crippen LogP contribution in [0, 0.1) is 0 Å². The molecule has 4 nitrogen and oxygen atoms in total. The lowest BCUT2D eigenvalue weighted by molar-refractivity contribution is 0.0765. The number of hydrogen-bond acceptors (Lipinski definition) is 3. The smallest absolute Gasteiger partial charge is 0.253 e. The van der Waals surface area contributed by atoms with Gasteiger partial charge in [0, 0.05) is 25.2 Å². The van der Waals surface area contributed by atoms with Gasteiger partial charge in [-0.15, -0.1) is 0 Å². The van der Waals surface area contributed by atoms with Crippen LogP contribution in [0.4, 0.5) is 0 Å². The lowest BCUT2D eigenvalue weighted by Gasteiger charge is -2.15. The Hall–Kier alpha value is -1.39. The van der Waals surface area contributed by atoms with Crippen LogP contribution in [0.2, 0.25) is 0 Å². The van der Waals surface area contributed by atoms with Crippen LogP contribution in [0.5, 0.6) is 0 Å². The van der Waals surface area contributed by atoms with Crippen LogP contribution in [-0.4, -0.2) is 35.1 Å². The van der Waals surface area contributed by atoms with E-state index in [0.29, 0.717) is 31.6 Å². The first-order valence-corrected chi connectivity index (χ1v) is 5.47. The van der Waals surface area contributed by atoms with E-state index in [1.807, 2.05) is 18.2 Å². The predicted molar refractivity (Wildman–Crippen MR) is 60.9 cm³/mol. The minimum Gasteiger partial charge on any atom is -0.391 e. The van der Waals surface area contributed by atoms with Crippen molar-refractivity contribution in [3.63, 3.8) is 0 Å². The fourth-order valence-electron chi connectivity index (χ4n) is 1.94. The molecule has 1 atom stereocenters. The van der Waals surface area contributed by atoms with Gasteiger partial charge in [0.05, 0.1) is 6.10 Å². The van der Waals surface area contributed by atoms with E-state index in [0.717, 1.165) is 5.56 Å². The molecule has 0 aromatic heterocycles. The van der Waals surface area contributed by atoms with Gasteiger partial charge in [-0.2, -0.15) is 0 Å². The van der Waals surface area contributed by atoms with Crippen LogP contribution in [0.25, 0.3) is 0 Å². The first kappa shape index (κ1) is 11.1. The van der Waals surface area contributed by atoms with Gasteiger partial charge in [-0.05, 0) is 24.1 Å². The van der Waals surface area contributed by atoms with Gasteiger partial charge in [0.1, 0.15) is 0 Å². The number of amides is 1. The normalized spacial score (nSPS) is 20.1. The predicted octanol–water partition coefficient (Wildman–Crippen LogP) is 0.352. The molecule has 86 valence electrons. The lowest BCUT2D eigenvalue weighted by Crippen LogP contribution is -2.29. The number of nitrogens with zero attached hydrogens (tertiary/aromatic N) is 1. The molecule has 0 bridgehead atoms. The zero-order chi connectivity index (χ0) is 11.5. The van der Waals surface area contributed by atoms with E-state index in [1.165, 1.54) is 0 Å². The van der Waals surface area contributed by atoms with E-state index in [2.05, 4.69) is 0 Å². The van der Waals surface area contributed by atoms with Crippen molar-refractivity contribution in [2.24, 2.45) is 5.73 Å². The SMILES string of the molecule is NCc1cccc(C(=O)N2CC[C@H](O)C2)c1. The second-order valence-electron chi connectivity index (χ2n) is 4.10. The molecular weight excluding hydrogens is 204 g/mol. The van der Waals surface area contributed by atoms with Gasteiger partial charge in [-0.1, -0.05) is 12.1 Å². The summed E-state index contributed by atoms with van der Waals surface area (Å²) in [7, 11) is 0. The summed E-state index contributed by atoms with van der Waals surface area (Å²) in [6, 6.07) is 7.33. The van der Waals surface area contributed by atoms with E-state index in [-0.39, 0.29) is 12.0 Å². The molecule has 1 aliphatic heterocycles. The van der Waals surface area contributed by atoms with E-state index >= 15 is 0 Å². The molecule has 16 heavy (non-hydrogen) atoms. The molecule has 1 heterocycles. The summed E-state index contributed by atoms with van der Waals surface area (Å²) < 4.78 is 0. The molecule has 1 aromatic carbocycles. The molecule has 0 spiro atoms. The highest BCUT2D eigenvalue weighted by molar-refractivity contribution is 5.94. The molecule has 0 saturated carbocycles. The number of hydrogen-bond donors (Lipinski definition) is 2. The van der Waals surface area contributed by atoms with Crippen molar-refractivity contribution in [3.05, 3.63) is 35.4 Å². The first-order chi connectivity index (χ1) is 7.70. The molecule has 4 heteroatoms. The number of rotatable bonds is 2. The molecule has 1 amide bonds. The molecular formula is C12H16N2O2. The number of β-amino-alcohol motifs (C(OH)–C–C–N with tert-alkyl or cyclic N) is 1. The molecule has 0 aliphatic carbocycles. The Bertz CT molecular complexity index is 392. The third-order valence-corrected chi connectivity index (χ3v) is 2.86. The summed E-state index contributed by atoms with van der Waals surface area (Å²) >= 11 is 0. The fraction of sp³-hybridized carbons (Fsp3) is 0.417. The Balaban J connectivity index is 2.14. The van der Waals surface area contributed by atoms with E-state index < -0.39 is 0 Å². The van der Waals surface area contributed by atoms with Gasteiger partial charge in [-0.25, -0.2) is 0 Å². The van der Waals surface area contributed by atoms with Crippen molar-refractivity contribution in [2.45, 2.75) is 19.1 Å². The number of aliphatic hydroxyl groups is 1. The second kappa shape index (κ2) is 4.63. The van der Waals surface area contributed by atoms with Gasteiger partial charge in [-0.3, -0.25) is 4.79 Å². The monoisotopic (exact) mass is 220 g/mol. The maximum Gasteiger partial charge on any atom is 0.253 e. The van der Waals surface area contributed by atoms with Gasteiger partial charge < -0.3 is 15.7 Å². The molecule has 1 aromatic rings. The van der Waals surface area contributed by atoms with Crippen LogP contribution in [0.3, 0.4) is 0 Å². The Morgan fingerprint density at radius 2 is 2.38 bits per heavy atom. The number of nitrogens with two attached hydrogens (primary N) is 1. The summed E-state index contributed by atoms with van der Waals surface area (Å²) in [5.41, 5.74) is 7.13. The summed E-state index contributed by atoms with van der Waals surface area (Å²) in [5.74, 6) is -0.0214. The number of carbonyl (C=O) groups excluding carboxylic acids is 1. The van der Waals surface area contributed by atoms with Crippen LogP contribution < -0.4 is 5.73 Å². The summed E-state index contributed by atoms with van der Waals surface area (Å²) in [6.07, 6.45) is 0.295. The zero-order valence-electron chi connectivity index (χ0n) is 9.10. The highest BCUT2D eigenvalue weighted by Crippen LogP contribution is 2.14. The van der Waals surface area contributed by atoms with Gasteiger partial charge >= 0.3 is 0 Å². The Kier molecular flexibility index (Phi) is 3.22. The maximum absolute atomic E-state index is 12.0. The van der Waals surface area contributed by atoms with Gasteiger partial charge in [0.15, 0.2) is 0 Å². The van der Waals surface area contributed by atoms with Crippen molar-refractivity contribution < 1.29 is 9.90 Å². The van der Waals surface area contributed by atoms with E-state index in [1.54, 1.807) is 11.0 Å². The van der Waals surface area contributed by atoms with E-state index in [4.69, 9.17) is 5.73 Å². The second-order valence-corrected chi connectivity index (χ2v) is 4.10. The zero-order valence-corrected chi connectivity index (χ0v) is 9.10. The number of likely N-dealkylation sites (tertiary alicyclic amines) is 1. The van der Waals surface area contributed by atoms with Crippen molar-refractivity contribution >= 4 is 5.91 Å². The first-order valence-electron chi connectivity index (χ1n) is 5.47. The average Bonchev–Trinajstić information content (AvgIpc) is 2.75. The standard InChI is InChI=1S/C12H16N2O2/c13-7-9-2-1-3-10(6-9)12(16)14-5-4-11(15)8-14/h1-3,6,11,15H,4-5,7-8,13H2/t11-/m0/s1. The minimum atomic E-state index is -0.373. The van der Waals surface area contributed by atoms with Crippen molar-refractivity contribution in [1.82, 2.24) is 4.90 Å². The Labute approximate surface area is 94.7 Å². The molecule has 3 N–H and O–H groups in total. The van der Waals surface area contributed by atoms with Gasteiger partial charge in [0.25, 0.3) is 5.91 Å². The summed E-state index contributed by atoms with van der Waals surface area (Å²) in [4.78, 5) is 13.7. The van der Waals surface area contributed by atoms with Crippen molar-refractivity contribution in [3.8, 4) is 0 Å². The topological polar surface area (TPSA) is 66.6 Å². The highest BCUT2D eigenvalue weighted by atomic mass is 16.3. The lowest BCUT2D eigenvalue weighted by atomic mass is 10.1. The van der Waals surface area contributed by atoms with Crippen molar-refractivity contribution in [2.75, 3.05) is 13.1 Å². The Morgan fingerprint density at radius 3 is 3.00 bits per heavy atom. The molecule has 1 saturated heterocycles. The largest absolute Gasteiger partial charge is 0.391 e. The highest BCUT2D eigenvalue weighted by Gasteiger charge is 2.25. The molecule has 0 radical (unpaired) electrons. The Morgan fingerprint density at radius 1 is 1.56 bits per heavy atom. The molecule has 2 rings (SSSR count). The number of aliphatic hydroxyl groups excluding tert-OH is 1. The van der Waals surface area contributed by atoms with Crippen molar-refractivity contribution in [1.29, 1.82) is 0 Å². The third kappa shape index (κ3) is 2.23. The molecule has 1 aliphatic rings. The van der Waals surface area contributed by atoms with Crippen LogP contribution in [0.15, 0.2) is 24.3 Å². The maximum atomic E-state index is 12.0. The molecule has 1 fully saturated rings. The van der Waals surface area contributed by atoms with Crippen LogP contribution in [0.1, 0.15) is 22.3 Å². The van der Waals surface area contributed by atoms with Gasteiger partial charge in [0.2, 0.25) is 0 Å². The van der Waals surface area contributed by atoms with Crippen LogP contribution in [-0.2, 0) is 6.54 Å². The minimum absolute atomic E-state index is 0.0214. The third-order valence-electron chi connectivity index (χ3n) is 2.86. The fourth-order valence-corrected chi connectivity index (χ4v) is 1.94. The quantitative estimate of drug-likeness (QED) is 0.756. The molecule has 0 unspecified atom stereocenters. The number of carbonyl (C=O) groups is 1. The summed E-state index contributed by atoms with van der Waals surface area (Å²) in [5, 5.41) is 9.38. The van der Waals surface area contributed by atoms with E-state index in [9.17, 15) is 9.90 Å².